The Bertz CT molecular complexity index is 927. The largest absolute Gasteiger partial charge is 0.460 e. The van der Waals surface area contributed by atoms with Gasteiger partial charge in [0.1, 0.15) is 17.1 Å². The van der Waals surface area contributed by atoms with Crippen LogP contribution in [0.25, 0.3) is 17.1 Å². The van der Waals surface area contributed by atoms with Crippen molar-refractivity contribution in [2.75, 3.05) is 0 Å². The number of nitrogens with zero attached hydrogens (tertiary/aromatic N) is 2. The number of rotatable bonds is 5. The van der Waals surface area contributed by atoms with E-state index in [-0.39, 0.29) is 11.9 Å². The average Bonchev–Trinajstić information content (AvgIpc) is 3.21. The second-order valence-corrected chi connectivity index (χ2v) is 7.16. The molecule has 1 aromatic carbocycles. The molecular weight excluding hydrogens is 350 g/mol. The monoisotopic (exact) mass is 371 g/mol. The molecule has 0 radical (unpaired) electrons. The third-order valence-corrected chi connectivity index (χ3v) is 4.58. The summed E-state index contributed by atoms with van der Waals surface area (Å²) in [5.41, 5.74) is 1.75. The lowest BCUT2D eigenvalue weighted by Gasteiger charge is -2.17. The van der Waals surface area contributed by atoms with Gasteiger partial charge in [0.05, 0.1) is 5.69 Å². The topological polar surface area (TPSA) is 60.1 Å². The Morgan fingerprint density at radius 1 is 1.19 bits per heavy atom. The number of furan rings is 1. The van der Waals surface area contributed by atoms with E-state index >= 15 is 0 Å². The van der Waals surface area contributed by atoms with Crippen molar-refractivity contribution in [1.82, 2.24) is 15.1 Å². The van der Waals surface area contributed by atoms with Gasteiger partial charge in [0, 0.05) is 17.1 Å². The van der Waals surface area contributed by atoms with Crippen molar-refractivity contribution >= 4 is 17.5 Å². The Morgan fingerprint density at radius 3 is 2.58 bits per heavy atom. The predicted molar refractivity (Wildman–Crippen MR) is 103 cm³/mol. The zero-order valence-corrected chi connectivity index (χ0v) is 16.0. The molecule has 0 aliphatic carbocycles. The highest BCUT2D eigenvalue weighted by atomic mass is 35.5. The lowest BCUT2D eigenvalue weighted by atomic mass is 10.1. The fraction of sp³-hybridized carbons (Fsp3) is 0.300. The van der Waals surface area contributed by atoms with E-state index in [2.05, 4.69) is 24.3 Å². The van der Waals surface area contributed by atoms with Gasteiger partial charge in [-0.1, -0.05) is 31.5 Å². The minimum atomic E-state index is -0.187. The van der Waals surface area contributed by atoms with Crippen LogP contribution in [-0.4, -0.2) is 21.7 Å². The van der Waals surface area contributed by atoms with Crippen LogP contribution in [0.4, 0.5) is 0 Å². The summed E-state index contributed by atoms with van der Waals surface area (Å²) in [6, 6.07) is 12.7. The van der Waals surface area contributed by atoms with Crippen molar-refractivity contribution in [2.24, 2.45) is 5.92 Å². The van der Waals surface area contributed by atoms with E-state index in [1.165, 1.54) is 0 Å². The standard InChI is InChI=1S/C20H22ClN3O2/c1-12(2)14(4)22-20(25)18-11-17(19-9-8-13(3)26-19)23-24(18)16-7-5-6-15(21)10-16/h5-12,14H,1-4H3,(H,22,25). The summed E-state index contributed by atoms with van der Waals surface area (Å²) in [7, 11) is 0. The predicted octanol–water partition coefficient (Wildman–Crippen LogP) is 4.87. The first-order chi connectivity index (χ1) is 12.3. The van der Waals surface area contributed by atoms with Crippen LogP contribution in [0.1, 0.15) is 37.0 Å². The molecule has 5 nitrogen and oxygen atoms in total. The fourth-order valence-electron chi connectivity index (χ4n) is 2.49. The van der Waals surface area contributed by atoms with Crippen LogP contribution in [0.3, 0.4) is 0 Å². The number of nitrogens with one attached hydrogen (secondary N) is 1. The molecule has 26 heavy (non-hydrogen) atoms. The van der Waals surface area contributed by atoms with Gasteiger partial charge in [0.2, 0.25) is 0 Å². The lowest BCUT2D eigenvalue weighted by Crippen LogP contribution is -2.37. The Kier molecular flexibility index (Phi) is 5.18. The first kappa shape index (κ1) is 18.3. The van der Waals surface area contributed by atoms with Crippen molar-refractivity contribution in [1.29, 1.82) is 0 Å². The van der Waals surface area contributed by atoms with Crippen LogP contribution in [-0.2, 0) is 0 Å². The van der Waals surface area contributed by atoms with Crippen LogP contribution < -0.4 is 5.32 Å². The third kappa shape index (κ3) is 3.83. The second-order valence-electron chi connectivity index (χ2n) is 6.72. The number of aryl methyl sites for hydroxylation is 1. The van der Waals surface area contributed by atoms with Crippen LogP contribution >= 0.6 is 11.6 Å². The van der Waals surface area contributed by atoms with Crippen molar-refractivity contribution in [3.05, 3.63) is 58.9 Å². The highest BCUT2D eigenvalue weighted by Gasteiger charge is 2.21. The molecule has 1 amide bonds. The first-order valence-electron chi connectivity index (χ1n) is 8.59. The van der Waals surface area contributed by atoms with Crippen molar-refractivity contribution in [3.8, 4) is 17.1 Å². The number of hydrogen-bond acceptors (Lipinski definition) is 3. The number of aromatic nitrogens is 2. The van der Waals surface area contributed by atoms with Gasteiger partial charge in [-0.15, -0.1) is 0 Å². The second kappa shape index (κ2) is 7.38. The Labute approximate surface area is 158 Å². The van der Waals surface area contributed by atoms with Crippen LogP contribution in [0, 0.1) is 12.8 Å². The summed E-state index contributed by atoms with van der Waals surface area (Å²) < 4.78 is 7.26. The highest BCUT2D eigenvalue weighted by molar-refractivity contribution is 6.30. The van der Waals surface area contributed by atoms with Crippen molar-refractivity contribution < 1.29 is 9.21 Å². The lowest BCUT2D eigenvalue weighted by molar-refractivity contribution is 0.0922. The summed E-state index contributed by atoms with van der Waals surface area (Å²) in [6.07, 6.45) is 0. The molecule has 0 saturated heterocycles. The number of amides is 1. The van der Waals surface area contributed by atoms with E-state index in [9.17, 15) is 4.79 Å². The normalized spacial score (nSPS) is 12.4. The van der Waals surface area contributed by atoms with Crippen LogP contribution in [0.2, 0.25) is 5.02 Å². The van der Waals surface area contributed by atoms with Gasteiger partial charge in [-0.3, -0.25) is 4.79 Å². The highest BCUT2D eigenvalue weighted by Crippen LogP contribution is 2.25. The maximum absolute atomic E-state index is 12.9. The molecule has 0 spiro atoms. The van der Waals surface area contributed by atoms with Crippen LogP contribution in [0.5, 0.6) is 0 Å². The molecule has 6 heteroatoms. The molecule has 0 bridgehead atoms. The molecule has 1 atom stereocenters. The number of benzene rings is 1. The molecule has 0 saturated carbocycles. The Balaban J connectivity index is 2.05. The SMILES string of the molecule is Cc1ccc(-c2cc(C(=O)NC(C)C(C)C)n(-c3cccc(Cl)c3)n2)o1. The van der Waals surface area contributed by atoms with E-state index in [1.807, 2.05) is 38.1 Å². The minimum Gasteiger partial charge on any atom is -0.460 e. The number of hydrogen-bond donors (Lipinski definition) is 1. The Morgan fingerprint density at radius 2 is 1.96 bits per heavy atom. The Hall–Kier alpha value is -2.53. The van der Waals surface area contributed by atoms with Gasteiger partial charge >= 0.3 is 0 Å². The molecule has 2 aromatic heterocycles. The molecule has 1 unspecified atom stereocenters. The van der Waals surface area contributed by atoms with Gasteiger partial charge in [0.15, 0.2) is 5.76 Å². The van der Waals surface area contributed by atoms with Crippen LogP contribution in [0.15, 0.2) is 46.9 Å². The van der Waals surface area contributed by atoms with Gasteiger partial charge in [0.25, 0.3) is 5.91 Å². The summed E-state index contributed by atoms with van der Waals surface area (Å²) in [5.74, 6) is 1.55. The molecule has 0 aliphatic heterocycles. The molecule has 1 N–H and O–H groups in total. The molecular formula is C20H22ClN3O2. The molecule has 0 aliphatic rings. The van der Waals surface area contributed by atoms with Gasteiger partial charge in [-0.25, -0.2) is 4.68 Å². The molecule has 2 heterocycles. The van der Waals surface area contributed by atoms with Gasteiger partial charge < -0.3 is 9.73 Å². The van der Waals surface area contributed by atoms with E-state index in [0.717, 1.165) is 11.4 Å². The minimum absolute atomic E-state index is 0.0412. The quantitative estimate of drug-likeness (QED) is 0.696. The summed E-state index contributed by atoms with van der Waals surface area (Å²) in [6.45, 7) is 7.99. The zero-order chi connectivity index (χ0) is 18.8. The van der Waals surface area contributed by atoms with Gasteiger partial charge in [-0.05, 0) is 50.1 Å². The van der Waals surface area contributed by atoms with Crippen molar-refractivity contribution in [2.45, 2.75) is 33.7 Å². The maximum atomic E-state index is 12.9. The summed E-state index contributed by atoms with van der Waals surface area (Å²) in [5, 5.41) is 8.19. The number of halogens is 1. The first-order valence-corrected chi connectivity index (χ1v) is 8.96. The van der Waals surface area contributed by atoms with Gasteiger partial charge in [-0.2, -0.15) is 5.10 Å². The van der Waals surface area contributed by atoms with E-state index in [4.69, 9.17) is 16.0 Å². The van der Waals surface area contributed by atoms with Crippen molar-refractivity contribution in [3.63, 3.8) is 0 Å². The van der Waals surface area contributed by atoms with E-state index in [0.29, 0.717) is 28.1 Å². The maximum Gasteiger partial charge on any atom is 0.270 e. The zero-order valence-electron chi connectivity index (χ0n) is 15.3. The number of carbonyl (C=O) groups excluding carboxylic acids is 1. The molecule has 136 valence electrons. The van der Waals surface area contributed by atoms with E-state index < -0.39 is 0 Å². The number of carbonyl (C=O) groups is 1. The fourth-order valence-corrected chi connectivity index (χ4v) is 2.67. The summed E-state index contributed by atoms with van der Waals surface area (Å²) in [4.78, 5) is 12.9. The molecule has 0 fully saturated rings. The smallest absolute Gasteiger partial charge is 0.270 e. The molecule has 3 rings (SSSR count). The third-order valence-electron chi connectivity index (χ3n) is 4.35. The van der Waals surface area contributed by atoms with E-state index in [1.54, 1.807) is 22.9 Å². The summed E-state index contributed by atoms with van der Waals surface area (Å²) >= 11 is 6.12. The average molecular weight is 372 g/mol. The molecule has 3 aromatic rings.